The zero-order chi connectivity index (χ0) is 14.8. The van der Waals surface area contributed by atoms with E-state index in [0.29, 0.717) is 5.75 Å². The second-order valence-corrected chi connectivity index (χ2v) is 5.06. The van der Waals surface area contributed by atoms with Gasteiger partial charge in [0, 0.05) is 6.07 Å². The Kier molecular flexibility index (Phi) is 3.43. The van der Waals surface area contributed by atoms with Crippen LogP contribution in [0.5, 0.6) is 11.6 Å². The minimum atomic E-state index is -0.528. The number of pyridine rings is 1. The molecule has 0 saturated carbocycles. The fourth-order valence-electron chi connectivity index (χ4n) is 2.55. The van der Waals surface area contributed by atoms with Crippen LogP contribution in [0.3, 0.4) is 0 Å². The Morgan fingerprint density at radius 1 is 1.14 bits per heavy atom. The van der Waals surface area contributed by atoms with Crippen LogP contribution in [0.1, 0.15) is 24.0 Å². The average molecular weight is 285 g/mol. The van der Waals surface area contributed by atoms with Crippen LogP contribution in [0, 0.1) is 10.1 Å². The first-order chi connectivity index (χ1) is 10.1. The lowest BCUT2D eigenvalue weighted by molar-refractivity contribution is -0.386. The van der Waals surface area contributed by atoms with Crippen LogP contribution >= 0.6 is 0 Å². The van der Waals surface area contributed by atoms with E-state index in [1.165, 1.54) is 29.7 Å². The van der Waals surface area contributed by atoms with Crippen molar-refractivity contribution in [3.8, 4) is 11.6 Å². The fraction of sp³-hybridized carbons (Fsp3) is 0.267. The van der Waals surface area contributed by atoms with Crippen LogP contribution < -0.4 is 10.5 Å². The molecule has 0 amide bonds. The van der Waals surface area contributed by atoms with E-state index < -0.39 is 4.92 Å². The van der Waals surface area contributed by atoms with Gasteiger partial charge in [-0.25, -0.2) is 0 Å². The number of benzene rings is 1. The van der Waals surface area contributed by atoms with Crippen LogP contribution in [-0.2, 0) is 12.8 Å². The third-order valence-electron chi connectivity index (χ3n) is 3.59. The second kappa shape index (κ2) is 5.40. The molecule has 0 bridgehead atoms. The third-order valence-corrected chi connectivity index (χ3v) is 3.59. The van der Waals surface area contributed by atoms with Crippen molar-refractivity contribution in [2.75, 3.05) is 5.73 Å². The summed E-state index contributed by atoms with van der Waals surface area (Å²) in [4.78, 5) is 14.4. The summed E-state index contributed by atoms with van der Waals surface area (Å²) in [7, 11) is 0. The van der Waals surface area contributed by atoms with Crippen molar-refractivity contribution in [3.05, 3.63) is 51.6 Å². The Morgan fingerprint density at radius 2 is 1.90 bits per heavy atom. The number of rotatable bonds is 3. The van der Waals surface area contributed by atoms with Crippen molar-refractivity contribution in [1.82, 2.24) is 4.98 Å². The lowest BCUT2D eigenvalue weighted by Gasteiger charge is -2.16. The first kappa shape index (κ1) is 13.4. The molecule has 0 spiro atoms. The molecular weight excluding hydrogens is 270 g/mol. The third kappa shape index (κ3) is 2.79. The first-order valence-corrected chi connectivity index (χ1v) is 6.84. The smallest absolute Gasteiger partial charge is 0.331 e. The maximum Gasteiger partial charge on any atom is 0.331 e. The highest BCUT2D eigenvalue weighted by Crippen LogP contribution is 2.32. The van der Waals surface area contributed by atoms with Gasteiger partial charge >= 0.3 is 11.6 Å². The summed E-state index contributed by atoms with van der Waals surface area (Å²) >= 11 is 0. The van der Waals surface area contributed by atoms with Gasteiger partial charge in [-0.3, -0.25) is 10.1 Å². The van der Waals surface area contributed by atoms with Gasteiger partial charge in [-0.15, -0.1) is 0 Å². The molecule has 108 valence electrons. The van der Waals surface area contributed by atoms with Crippen molar-refractivity contribution in [1.29, 1.82) is 0 Å². The van der Waals surface area contributed by atoms with Gasteiger partial charge in [0.2, 0.25) is 0 Å². The van der Waals surface area contributed by atoms with Crippen molar-refractivity contribution in [3.63, 3.8) is 0 Å². The van der Waals surface area contributed by atoms with E-state index in [4.69, 9.17) is 10.5 Å². The summed E-state index contributed by atoms with van der Waals surface area (Å²) in [6, 6.07) is 8.46. The molecule has 1 aliphatic carbocycles. The molecule has 0 aliphatic heterocycles. The number of nitro groups is 1. The number of hydrogen-bond donors (Lipinski definition) is 1. The highest BCUT2D eigenvalue weighted by atomic mass is 16.6. The van der Waals surface area contributed by atoms with Gasteiger partial charge in [0.05, 0.1) is 4.92 Å². The lowest BCUT2D eigenvalue weighted by atomic mass is 9.92. The number of aromatic nitrogens is 1. The molecular formula is C15H15N3O3. The van der Waals surface area contributed by atoms with Crippen LogP contribution in [0.25, 0.3) is 0 Å². The molecule has 2 aromatic rings. The minimum absolute atomic E-state index is 0.0734. The number of anilines is 1. The number of aryl methyl sites for hydroxylation is 2. The van der Waals surface area contributed by atoms with E-state index in [2.05, 4.69) is 4.98 Å². The molecule has 3 rings (SSSR count). The molecule has 6 nitrogen and oxygen atoms in total. The van der Waals surface area contributed by atoms with Crippen molar-refractivity contribution in [2.24, 2.45) is 0 Å². The molecule has 0 atom stereocenters. The highest BCUT2D eigenvalue weighted by molar-refractivity contribution is 5.49. The Balaban J connectivity index is 1.93. The Labute approximate surface area is 121 Å². The summed E-state index contributed by atoms with van der Waals surface area (Å²) in [5, 5.41) is 11.0. The standard InChI is InChI=1S/C15H15N3O3/c16-14-8-7-13(18(19)20)15(17-14)21-12-6-5-10-3-1-2-4-11(10)9-12/h5-9H,1-4H2,(H2,16,17). The minimum Gasteiger partial charge on any atom is -0.434 e. The lowest BCUT2D eigenvalue weighted by Crippen LogP contribution is -2.03. The van der Waals surface area contributed by atoms with Gasteiger partial charge < -0.3 is 10.5 Å². The molecule has 0 unspecified atom stereocenters. The normalized spacial score (nSPS) is 13.5. The molecule has 1 aromatic carbocycles. The van der Waals surface area contributed by atoms with Gasteiger partial charge in [-0.2, -0.15) is 4.98 Å². The number of ether oxygens (including phenoxy) is 1. The zero-order valence-corrected chi connectivity index (χ0v) is 11.4. The molecule has 1 heterocycles. The van der Waals surface area contributed by atoms with Gasteiger partial charge in [-0.05, 0) is 55.0 Å². The van der Waals surface area contributed by atoms with Gasteiger partial charge in [0.25, 0.3) is 0 Å². The number of fused-ring (bicyclic) bond motifs is 1. The predicted octanol–water partition coefficient (Wildman–Crippen LogP) is 3.24. The van der Waals surface area contributed by atoms with Crippen LogP contribution in [0.4, 0.5) is 11.5 Å². The van der Waals surface area contributed by atoms with Gasteiger partial charge in [0.15, 0.2) is 0 Å². The molecule has 0 saturated heterocycles. The number of nitrogens with zero attached hydrogens (tertiary/aromatic N) is 2. The van der Waals surface area contributed by atoms with Crippen LogP contribution in [-0.4, -0.2) is 9.91 Å². The highest BCUT2D eigenvalue weighted by Gasteiger charge is 2.18. The summed E-state index contributed by atoms with van der Waals surface area (Å²) in [5.74, 6) is 0.668. The first-order valence-electron chi connectivity index (χ1n) is 6.84. The molecule has 2 N–H and O–H groups in total. The number of nitrogens with two attached hydrogens (primary N) is 1. The van der Waals surface area contributed by atoms with Gasteiger partial charge in [0.1, 0.15) is 11.6 Å². The van der Waals surface area contributed by atoms with Gasteiger partial charge in [-0.1, -0.05) is 6.07 Å². The summed E-state index contributed by atoms with van der Waals surface area (Å²) in [6.07, 6.45) is 4.45. The molecule has 1 aliphatic rings. The average Bonchev–Trinajstić information content (AvgIpc) is 2.47. The van der Waals surface area contributed by atoms with Crippen molar-refractivity contribution in [2.45, 2.75) is 25.7 Å². The Hall–Kier alpha value is -2.63. The topological polar surface area (TPSA) is 91.3 Å². The van der Waals surface area contributed by atoms with Crippen LogP contribution in [0.15, 0.2) is 30.3 Å². The molecule has 0 radical (unpaired) electrons. The maximum absolute atomic E-state index is 11.0. The molecule has 21 heavy (non-hydrogen) atoms. The Bertz CT molecular complexity index is 701. The largest absolute Gasteiger partial charge is 0.434 e. The monoisotopic (exact) mass is 285 g/mol. The van der Waals surface area contributed by atoms with Crippen LogP contribution in [0.2, 0.25) is 0 Å². The van der Waals surface area contributed by atoms with Crippen molar-refractivity contribution >= 4 is 11.5 Å². The SMILES string of the molecule is Nc1ccc([N+](=O)[O-])c(Oc2ccc3c(c2)CCCC3)n1. The molecule has 0 fully saturated rings. The zero-order valence-electron chi connectivity index (χ0n) is 11.4. The molecule has 1 aromatic heterocycles. The quantitative estimate of drug-likeness (QED) is 0.690. The van der Waals surface area contributed by atoms with Crippen molar-refractivity contribution < 1.29 is 9.66 Å². The molecule has 6 heteroatoms. The summed E-state index contributed by atoms with van der Waals surface area (Å²) < 4.78 is 5.58. The summed E-state index contributed by atoms with van der Waals surface area (Å²) in [5.41, 5.74) is 7.95. The fourth-order valence-corrected chi connectivity index (χ4v) is 2.55. The number of hydrogen-bond acceptors (Lipinski definition) is 5. The predicted molar refractivity (Wildman–Crippen MR) is 78.5 cm³/mol. The second-order valence-electron chi connectivity index (χ2n) is 5.06. The van der Waals surface area contributed by atoms with E-state index in [1.54, 1.807) is 0 Å². The van der Waals surface area contributed by atoms with E-state index in [0.717, 1.165) is 19.3 Å². The van der Waals surface area contributed by atoms with E-state index in [9.17, 15) is 10.1 Å². The van der Waals surface area contributed by atoms with E-state index in [1.807, 2.05) is 18.2 Å². The number of nitrogen functional groups attached to an aromatic ring is 1. The Morgan fingerprint density at radius 3 is 2.67 bits per heavy atom. The maximum atomic E-state index is 11.0. The van der Waals surface area contributed by atoms with E-state index >= 15 is 0 Å². The van der Waals surface area contributed by atoms with E-state index in [-0.39, 0.29) is 17.4 Å². The summed E-state index contributed by atoms with van der Waals surface area (Å²) in [6.45, 7) is 0.